The number of amides is 2. The first-order valence-electron chi connectivity index (χ1n) is 12.7. The lowest BCUT2D eigenvalue weighted by Crippen LogP contribution is -2.52. The van der Waals surface area contributed by atoms with Gasteiger partial charge in [0.15, 0.2) is 0 Å². The molecule has 3 aromatic carbocycles. The van der Waals surface area contributed by atoms with Crippen molar-refractivity contribution in [3.05, 3.63) is 93.5 Å². The largest absolute Gasteiger partial charge is 0.355 e. The number of anilines is 1. The molecule has 1 N–H and O–H groups in total. The van der Waals surface area contributed by atoms with Gasteiger partial charge in [-0.3, -0.25) is 13.9 Å². The van der Waals surface area contributed by atoms with E-state index in [-0.39, 0.29) is 17.3 Å². The maximum Gasteiger partial charge on any atom is 0.264 e. The van der Waals surface area contributed by atoms with E-state index in [0.717, 1.165) is 9.87 Å². The van der Waals surface area contributed by atoms with Gasteiger partial charge in [0.2, 0.25) is 11.8 Å². The Labute approximate surface area is 240 Å². The van der Waals surface area contributed by atoms with Gasteiger partial charge in [0.1, 0.15) is 12.6 Å². The number of hydrogen-bond donors (Lipinski definition) is 1. The van der Waals surface area contributed by atoms with Gasteiger partial charge in [-0.25, -0.2) is 8.42 Å². The van der Waals surface area contributed by atoms with Crippen LogP contribution in [0.3, 0.4) is 0 Å². The Morgan fingerprint density at radius 2 is 1.62 bits per heavy atom. The van der Waals surface area contributed by atoms with Crippen molar-refractivity contribution in [1.82, 2.24) is 10.2 Å². The number of benzene rings is 3. The SMILES string of the molecule is CCNC(=O)[C@@H](CC)N(Cc1ccc(Cl)c(Cl)c1)C(=O)CN(c1ccc(C)cc1C)S(=O)(=O)c1ccccc1. The van der Waals surface area contributed by atoms with E-state index in [9.17, 15) is 18.0 Å². The second kappa shape index (κ2) is 13.3. The van der Waals surface area contributed by atoms with Crippen LogP contribution >= 0.6 is 23.2 Å². The van der Waals surface area contributed by atoms with Crippen LogP contribution in [0.1, 0.15) is 37.0 Å². The second-order valence-electron chi connectivity index (χ2n) is 9.20. The number of likely N-dealkylation sites (N-methyl/N-ethyl adjacent to an activating group) is 1. The monoisotopic (exact) mass is 589 g/mol. The highest BCUT2D eigenvalue weighted by molar-refractivity contribution is 7.92. The average Bonchev–Trinajstić information content (AvgIpc) is 2.90. The van der Waals surface area contributed by atoms with E-state index in [4.69, 9.17) is 23.2 Å². The molecule has 7 nitrogen and oxygen atoms in total. The normalized spacial score (nSPS) is 12.1. The lowest BCUT2D eigenvalue weighted by Gasteiger charge is -2.33. The zero-order valence-electron chi connectivity index (χ0n) is 22.4. The highest BCUT2D eigenvalue weighted by Gasteiger charge is 2.34. The van der Waals surface area contributed by atoms with Crippen LogP contribution in [-0.4, -0.2) is 44.3 Å². The number of aryl methyl sites for hydroxylation is 2. The lowest BCUT2D eigenvalue weighted by atomic mass is 10.1. The van der Waals surface area contributed by atoms with Crippen molar-refractivity contribution in [3.63, 3.8) is 0 Å². The summed E-state index contributed by atoms with van der Waals surface area (Å²) >= 11 is 12.3. The fourth-order valence-electron chi connectivity index (χ4n) is 4.36. The van der Waals surface area contributed by atoms with E-state index in [1.807, 2.05) is 13.0 Å². The van der Waals surface area contributed by atoms with Crippen molar-refractivity contribution < 1.29 is 18.0 Å². The summed E-state index contributed by atoms with van der Waals surface area (Å²) in [5.41, 5.74) is 2.71. The molecule has 2 amide bonds. The van der Waals surface area contributed by atoms with Gasteiger partial charge >= 0.3 is 0 Å². The van der Waals surface area contributed by atoms with Crippen molar-refractivity contribution in [3.8, 4) is 0 Å². The minimum atomic E-state index is -4.12. The predicted molar refractivity (Wildman–Crippen MR) is 157 cm³/mol. The number of hydrogen-bond acceptors (Lipinski definition) is 4. The van der Waals surface area contributed by atoms with Crippen LogP contribution in [0, 0.1) is 13.8 Å². The van der Waals surface area contributed by atoms with Crippen LogP contribution in [-0.2, 0) is 26.2 Å². The molecule has 0 aliphatic heterocycles. The van der Waals surface area contributed by atoms with Gasteiger partial charge in [0.25, 0.3) is 10.0 Å². The summed E-state index contributed by atoms with van der Waals surface area (Å²) in [6, 6.07) is 17.5. The molecule has 0 aromatic heterocycles. The van der Waals surface area contributed by atoms with Gasteiger partial charge in [-0.15, -0.1) is 0 Å². The zero-order chi connectivity index (χ0) is 28.7. The van der Waals surface area contributed by atoms with Crippen molar-refractivity contribution in [2.24, 2.45) is 0 Å². The van der Waals surface area contributed by atoms with Gasteiger partial charge in [-0.2, -0.15) is 0 Å². The molecule has 208 valence electrons. The molecule has 0 heterocycles. The highest BCUT2D eigenvalue weighted by atomic mass is 35.5. The van der Waals surface area contributed by atoms with Crippen LogP contribution in [0.5, 0.6) is 0 Å². The molecule has 0 unspecified atom stereocenters. The topological polar surface area (TPSA) is 86.8 Å². The molecule has 39 heavy (non-hydrogen) atoms. The Balaban J connectivity index is 2.09. The summed E-state index contributed by atoms with van der Waals surface area (Å²) in [5, 5.41) is 3.46. The van der Waals surface area contributed by atoms with Crippen LogP contribution in [0.2, 0.25) is 10.0 Å². The molecule has 0 aliphatic carbocycles. The summed E-state index contributed by atoms with van der Waals surface area (Å²) in [6.07, 6.45) is 0.327. The first kappa shape index (κ1) is 30.5. The number of carbonyl (C=O) groups is 2. The number of sulfonamides is 1. The standard InChI is InChI=1S/C29H33Cl2N3O4S/c1-5-26(29(36)32-6-2)33(18-22-13-14-24(30)25(31)17-22)28(35)19-34(27-15-12-20(3)16-21(27)4)39(37,38)23-10-8-7-9-11-23/h7-17,26H,5-6,18-19H2,1-4H3,(H,32,36)/t26-/m1/s1. The van der Waals surface area contributed by atoms with Crippen molar-refractivity contribution in [2.45, 2.75) is 51.6 Å². The molecule has 3 rings (SSSR count). The lowest BCUT2D eigenvalue weighted by molar-refractivity contribution is -0.140. The van der Waals surface area contributed by atoms with E-state index in [1.165, 1.54) is 17.0 Å². The van der Waals surface area contributed by atoms with Crippen LogP contribution in [0.15, 0.2) is 71.6 Å². The van der Waals surface area contributed by atoms with Gasteiger partial charge in [0, 0.05) is 13.1 Å². The fourth-order valence-corrected chi connectivity index (χ4v) is 6.18. The predicted octanol–water partition coefficient (Wildman–Crippen LogP) is 5.75. The average molecular weight is 591 g/mol. The molecule has 0 spiro atoms. The molecule has 0 saturated heterocycles. The zero-order valence-corrected chi connectivity index (χ0v) is 24.8. The van der Waals surface area contributed by atoms with Crippen molar-refractivity contribution >= 4 is 50.7 Å². The van der Waals surface area contributed by atoms with E-state index in [1.54, 1.807) is 69.3 Å². The van der Waals surface area contributed by atoms with E-state index < -0.39 is 28.5 Å². The third-order valence-corrected chi connectivity index (χ3v) is 8.82. The number of rotatable bonds is 11. The summed E-state index contributed by atoms with van der Waals surface area (Å²) in [7, 11) is -4.12. The first-order chi connectivity index (χ1) is 18.5. The third-order valence-electron chi connectivity index (χ3n) is 6.30. The van der Waals surface area contributed by atoms with Gasteiger partial charge in [0.05, 0.1) is 20.6 Å². The van der Waals surface area contributed by atoms with E-state index in [0.29, 0.717) is 39.8 Å². The molecular weight excluding hydrogens is 557 g/mol. The minimum Gasteiger partial charge on any atom is -0.355 e. The summed E-state index contributed by atoms with van der Waals surface area (Å²) in [6.45, 7) is 7.24. The van der Waals surface area contributed by atoms with E-state index >= 15 is 0 Å². The van der Waals surface area contributed by atoms with Gasteiger partial charge in [-0.05, 0) is 68.7 Å². The molecule has 0 bridgehead atoms. The second-order valence-corrected chi connectivity index (χ2v) is 11.9. The molecule has 10 heteroatoms. The van der Waals surface area contributed by atoms with Gasteiger partial charge in [-0.1, -0.05) is 72.1 Å². The molecule has 0 aliphatic rings. The van der Waals surface area contributed by atoms with E-state index in [2.05, 4.69) is 5.32 Å². The Bertz CT molecular complexity index is 1430. The Morgan fingerprint density at radius 3 is 2.21 bits per heavy atom. The maximum absolute atomic E-state index is 14.0. The van der Waals surface area contributed by atoms with Crippen LogP contribution in [0.25, 0.3) is 0 Å². The summed E-state index contributed by atoms with van der Waals surface area (Å²) < 4.78 is 28.9. The van der Waals surface area contributed by atoms with Crippen molar-refractivity contribution in [1.29, 1.82) is 0 Å². The number of carbonyl (C=O) groups excluding carboxylic acids is 2. The maximum atomic E-state index is 14.0. The molecule has 3 aromatic rings. The van der Waals surface area contributed by atoms with Crippen LogP contribution < -0.4 is 9.62 Å². The number of nitrogens with zero attached hydrogens (tertiary/aromatic N) is 2. The summed E-state index contributed by atoms with van der Waals surface area (Å²) in [5.74, 6) is -0.851. The molecule has 0 fully saturated rings. The number of nitrogens with one attached hydrogen (secondary N) is 1. The molecule has 0 saturated carbocycles. The molecular formula is C29H33Cl2N3O4S. The van der Waals surface area contributed by atoms with Gasteiger partial charge < -0.3 is 10.2 Å². The number of halogens is 2. The Kier molecular flexibility index (Phi) is 10.4. The quantitative estimate of drug-likeness (QED) is 0.308. The molecule has 1 atom stereocenters. The highest BCUT2D eigenvalue weighted by Crippen LogP contribution is 2.29. The first-order valence-corrected chi connectivity index (χ1v) is 14.8. The van der Waals surface area contributed by atoms with Crippen LogP contribution in [0.4, 0.5) is 5.69 Å². The fraction of sp³-hybridized carbons (Fsp3) is 0.310. The summed E-state index contributed by atoms with van der Waals surface area (Å²) in [4.78, 5) is 28.5. The smallest absolute Gasteiger partial charge is 0.264 e. The third kappa shape index (κ3) is 7.32. The molecule has 0 radical (unpaired) electrons. The minimum absolute atomic E-state index is 0.0392. The Hall–Kier alpha value is -3.07. The van der Waals surface area contributed by atoms with Crippen molar-refractivity contribution in [2.75, 3.05) is 17.4 Å². The Morgan fingerprint density at radius 1 is 0.923 bits per heavy atom.